The topological polar surface area (TPSA) is 50.7 Å². The summed E-state index contributed by atoms with van der Waals surface area (Å²) < 4.78 is 0. The fourth-order valence-electron chi connectivity index (χ4n) is 0.895. The van der Waals surface area contributed by atoms with Crippen LogP contribution in [-0.2, 0) is 6.42 Å². The highest BCUT2D eigenvalue weighted by Gasteiger charge is 2.00. The van der Waals surface area contributed by atoms with E-state index in [9.17, 15) is 0 Å². The smallest absolute Gasteiger partial charge is 0.155 e. The first-order valence-corrected chi connectivity index (χ1v) is 4.22. The van der Waals surface area contributed by atoms with Crippen LogP contribution in [0.1, 0.15) is 25.8 Å². The van der Waals surface area contributed by atoms with Gasteiger partial charge in [0.15, 0.2) is 5.82 Å². The van der Waals surface area contributed by atoms with Crippen LogP contribution in [0.5, 0.6) is 0 Å². The minimum Gasteiger partial charge on any atom is -0.368 e. The third-order valence-electron chi connectivity index (χ3n) is 1.56. The normalized spacial score (nSPS) is 9.83. The van der Waals surface area contributed by atoms with Gasteiger partial charge in [-0.1, -0.05) is 13.8 Å². The molecule has 0 saturated heterocycles. The highest BCUT2D eigenvalue weighted by molar-refractivity contribution is 5.40. The van der Waals surface area contributed by atoms with Crippen molar-refractivity contribution in [1.82, 2.24) is 15.4 Å². The molecule has 1 aromatic heterocycles. The second-order valence-corrected chi connectivity index (χ2v) is 2.51. The molecule has 0 atom stereocenters. The van der Waals surface area contributed by atoms with Crippen LogP contribution >= 0.6 is 0 Å². The van der Waals surface area contributed by atoms with Crippen molar-refractivity contribution < 1.29 is 0 Å². The van der Waals surface area contributed by atoms with E-state index in [1.54, 1.807) is 0 Å². The molecule has 0 amide bonds. The molecule has 4 heteroatoms. The lowest BCUT2D eigenvalue weighted by Gasteiger charge is -2.04. The minimum atomic E-state index is 0.814. The Morgan fingerprint density at radius 1 is 1.42 bits per heavy atom. The molecule has 1 rings (SSSR count). The average Bonchev–Trinajstić information content (AvgIpc) is 2.15. The SMILES string of the molecule is CCCNc1nnn[c]c1CC. The number of aromatic nitrogens is 3. The molecule has 4 nitrogen and oxygen atoms in total. The Morgan fingerprint density at radius 3 is 2.92 bits per heavy atom. The summed E-state index contributed by atoms with van der Waals surface area (Å²) in [7, 11) is 0. The molecule has 0 spiro atoms. The third kappa shape index (κ3) is 2.15. The lowest BCUT2D eigenvalue weighted by Crippen LogP contribution is -2.07. The zero-order valence-electron chi connectivity index (χ0n) is 7.46. The van der Waals surface area contributed by atoms with Gasteiger partial charge in [-0.2, -0.15) is 0 Å². The van der Waals surface area contributed by atoms with Gasteiger partial charge >= 0.3 is 0 Å². The molecule has 0 bridgehead atoms. The first-order chi connectivity index (χ1) is 5.88. The molecule has 0 saturated carbocycles. The number of hydrogen-bond acceptors (Lipinski definition) is 4. The molecule has 65 valence electrons. The zero-order valence-corrected chi connectivity index (χ0v) is 7.46. The van der Waals surface area contributed by atoms with Crippen molar-refractivity contribution >= 4 is 5.82 Å². The highest BCUT2D eigenvalue weighted by atomic mass is 15.3. The van der Waals surface area contributed by atoms with Crippen LogP contribution in [0.3, 0.4) is 0 Å². The fraction of sp³-hybridized carbons (Fsp3) is 0.625. The molecular formula is C8H13N4. The molecule has 1 heterocycles. The first kappa shape index (κ1) is 8.90. The van der Waals surface area contributed by atoms with E-state index in [4.69, 9.17) is 0 Å². The summed E-state index contributed by atoms with van der Waals surface area (Å²) in [6, 6.07) is 0. The maximum atomic E-state index is 3.88. The minimum absolute atomic E-state index is 0.814. The monoisotopic (exact) mass is 165 g/mol. The van der Waals surface area contributed by atoms with Gasteiger partial charge in [-0.05, 0) is 18.1 Å². The first-order valence-electron chi connectivity index (χ1n) is 4.22. The lowest BCUT2D eigenvalue weighted by atomic mass is 10.2. The van der Waals surface area contributed by atoms with E-state index in [2.05, 4.69) is 33.8 Å². The van der Waals surface area contributed by atoms with E-state index < -0.39 is 0 Å². The van der Waals surface area contributed by atoms with E-state index in [-0.39, 0.29) is 0 Å². The fourth-order valence-corrected chi connectivity index (χ4v) is 0.895. The Balaban J connectivity index is 2.68. The molecule has 12 heavy (non-hydrogen) atoms. The predicted octanol–water partition coefficient (Wildman–Crippen LogP) is 1.06. The Morgan fingerprint density at radius 2 is 2.25 bits per heavy atom. The van der Waals surface area contributed by atoms with Crippen LogP contribution in [-0.4, -0.2) is 22.0 Å². The molecule has 1 radical (unpaired) electrons. The van der Waals surface area contributed by atoms with E-state index in [0.717, 1.165) is 30.8 Å². The van der Waals surface area contributed by atoms with E-state index in [1.165, 1.54) is 0 Å². The maximum absolute atomic E-state index is 3.88. The van der Waals surface area contributed by atoms with Crippen LogP contribution in [0.4, 0.5) is 5.82 Å². The van der Waals surface area contributed by atoms with E-state index in [0.29, 0.717) is 0 Å². The number of rotatable bonds is 4. The van der Waals surface area contributed by atoms with Gasteiger partial charge in [0, 0.05) is 12.1 Å². The van der Waals surface area contributed by atoms with Crippen molar-refractivity contribution in [2.75, 3.05) is 11.9 Å². The number of nitrogens with zero attached hydrogens (tertiary/aromatic N) is 3. The van der Waals surface area contributed by atoms with Crippen LogP contribution in [0, 0.1) is 6.20 Å². The Hall–Kier alpha value is -1.19. The molecule has 0 aliphatic carbocycles. The van der Waals surface area contributed by atoms with Crippen molar-refractivity contribution in [2.24, 2.45) is 0 Å². The van der Waals surface area contributed by atoms with Gasteiger partial charge in [0.05, 0.1) is 0 Å². The molecular weight excluding hydrogens is 152 g/mol. The van der Waals surface area contributed by atoms with Crippen molar-refractivity contribution in [1.29, 1.82) is 0 Å². The summed E-state index contributed by atoms with van der Waals surface area (Å²) >= 11 is 0. The summed E-state index contributed by atoms with van der Waals surface area (Å²) in [5.74, 6) is 0.814. The van der Waals surface area contributed by atoms with Gasteiger partial charge in [0.2, 0.25) is 0 Å². The molecule has 1 N–H and O–H groups in total. The quantitative estimate of drug-likeness (QED) is 0.724. The van der Waals surface area contributed by atoms with Crippen molar-refractivity contribution in [3.8, 4) is 0 Å². The van der Waals surface area contributed by atoms with Gasteiger partial charge in [-0.15, -0.1) is 10.2 Å². The van der Waals surface area contributed by atoms with Gasteiger partial charge < -0.3 is 5.32 Å². The second-order valence-electron chi connectivity index (χ2n) is 2.51. The largest absolute Gasteiger partial charge is 0.368 e. The molecule has 0 unspecified atom stereocenters. The summed E-state index contributed by atoms with van der Waals surface area (Å²) in [5.41, 5.74) is 0.999. The van der Waals surface area contributed by atoms with Crippen molar-refractivity contribution in [3.63, 3.8) is 0 Å². The molecule has 0 fully saturated rings. The Labute approximate surface area is 72.4 Å². The van der Waals surface area contributed by atoms with Gasteiger partial charge in [0.1, 0.15) is 6.20 Å². The number of nitrogens with one attached hydrogen (secondary N) is 1. The zero-order chi connectivity index (χ0) is 8.81. The third-order valence-corrected chi connectivity index (χ3v) is 1.56. The standard InChI is InChI=1S/C8H13N4/c1-3-5-9-8-7(4-2)6-10-12-11-8/h3-5H2,1-2H3,(H,9,10,11). The van der Waals surface area contributed by atoms with Crippen LogP contribution < -0.4 is 5.32 Å². The summed E-state index contributed by atoms with van der Waals surface area (Å²) in [6.45, 7) is 5.07. The van der Waals surface area contributed by atoms with Gasteiger partial charge in [0.25, 0.3) is 0 Å². The Kier molecular flexibility index (Phi) is 3.44. The van der Waals surface area contributed by atoms with Gasteiger partial charge in [-0.25, -0.2) is 0 Å². The van der Waals surface area contributed by atoms with E-state index >= 15 is 0 Å². The van der Waals surface area contributed by atoms with Crippen molar-refractivity contribution in [2.45, 2.75) is 26.7 Å². The van der Waals surface area contributed by atoms with Crippen molar-refractivity contribution in [3.05, 3.63) is 11.8 Å². The molecule has 0 aliphatic heterocycles. The molecule has 1 aromatic rings. The lowest BCUT2D eigenvalue weighted by molar-refractivity contribution is 0.827. The highest BCUT2D eigenvalue weighted by Crippen LogP contribution is 2.07. The number of anilines is 1. The number of hydrogen-bond donors (Lipinski definition) is 1. The van der Waals surface area contributed by atoms with Gasteiger partial charge in [-0.3, -0.25) is 0 Å². The maximum Gasteiger partial charge on any atom is 0.155 e. The van der Waals surface area contributed by atoms with Crippen LogP contribution in [0.2, 0.25) is 0 Å². The summed E-state index contributed by atoms with van der Waals surface area (Å²) in [6.07, 6.45) is 4.77. The average molecular weight is 165 g/mol. The Bertz CT molecular complexity index is 236. The van der Waals surface area contributed by atoms with E-state index in [1.807, 2.05) is 6.92 Å². The van der Waals surface area contributed by atoms with Crippen LogP contribution in [0.25, 0.3) is 0 Å². The summed E-state index contributed by atoms with van der Waals surface area (Å²) in [4.78, 5) is 0. The predicted molar refractivity (Wildman–Crippen MR) is 46.8 cm³/mol. The second kappa shape index (κ2) is 4.64. The molecule has 0 aliphatic rings. The summed E-state index contributed by atoms with van der Waals surface area (Å²) in [5, 5.41) is 14.2. The van der Waals surface area contributed by atoms with Crippen LogP contribution in [0.15, 0.2) is 0 Å². The number of aryl methyl sites for hydroxylation is 1. The molecule has 0 aromatic carbocycles.